The van der Waals surface area contributed by atoms with Crippen LogP contribution in [0.15, 0.2) is 36.6 Å². The van der Waals surface area contributed by atoms with Crippen LogP contribution in [-0.2, 0) is 14.9 Å². The molecule has 5 nitrogen and oxygen atoms in total. The van der Waals surface area contributed by atoms with E-state index in [0.29, 0.717) is 6.42 Å². The van der Waals surface area contributed by atoms with Gasteiger partial charge < -0.3 is 9.84 Å². The van der Waals surface area contributed by atoms with Gasteiger partial charge in [0.05, 0.1) is 12.9 Å². The standard InChI is InChI=1S/C13H18O5S/c1-11-4-7-13(8-5-11,19(15,16)17)12(10-14)6-2-3-9-18-12/h2-4,6-7,9,11,14H,5,8,10H2,1H3,(H,15,16,17). The molecule has 19 heavy (non-hydrogen) atoms. The van der Waals surface area contributed by atoms with Gasteiger partial charge in [0, 0.05) is 0 Å². The van der Waals surface area contributed by atoms with Crippen LogP contribution in [0.4, 0.5) is 0 Å². The van der Waals surface area contributed by atoms with Crippen molar-refractivity contribution in [1.29, 1.82) is 0 Å². The molecule has 0 amide bonds. The Balaban J connectivity index is 2.59. The van der Waals surface area contributed by atoms with Crippen molar-refractivity contribution in [2.45, 2.75) is 30.1 Å². The fourth-order valence-corrected chi connectivity index (χ4v) is 3.89. The molecule has 0 bridgehead atoms. The van der Waals surface area contributed by atoms with Gasteiger partial charge in [0.2, 0.25) is 0 Å². The van der Waals surface area contributed by atoms with Gasteiger partial charge >= 0.3 is 0 Å². The first-order valence-electron chi connectivity index (χ1n) is 6.16. The number of ether oxygens (including phenoxy) is 1. The molecule has 1 aliphatic heterocycles. The summed E-state index contributed by atoms with van der Waals surface area (Å²) in [6, 6.07) is 0. The second kappa shape index (κ2) is 4.77. The number of rotatable bonds is 3. The van der Waals surface area contributed by atoms with Gasteiger partial charge in [0.25, 0.3) is 10.1 Å². The molecule has 1 heterocycles. The van der Waals surface area contributed by atoms with E-state index in [1.54, 1.807) is 18.2 Å². The monoisotopic (exact) mass is 286 g/mol. The van der Waals surface area contributed by atoms with E-state index in [1.165, 1.54) is 18.4 Å². The first-order chi connectivity index (χ1) is 8.87. The Morgan fingerprint density at radius 1 is 1.37 bits per heavy atom. The van der Waals surface area contributed by atoms with Gasteiger partial charge in [-0.1, -0.05) is 25.2 Å². The van der Waals surface area contributed by atoms with Crippen molar-refractivity contribution in [3.05, 3.63) is 36.6 Å². The average molecular weight is 286 g/mol. The normalized spacial score (nSPS) is 38.2. The largest absolute Gasteiger partial charge is 0.486 e. The summed E-state index contributed by atoms with van der Waals surface area (Å²) in [5.74, 6) is 0.230. The van der Waals surface area contributed by atoms with Gasteiger partial charge in [0.15, 0.2) is 10.3 Å². The Bertz CT molecular complexity index is 533. The van der Waals surface area contributed by atoms with Gasteiger partial charge in [-0.2, -0.15) is 8.42 Å². The maximum atomic E-state index is 11.9. The predicted molar refractivity (Wildman–Crippen MR) is 71.0 cm³/mol. The molecular weight excluding hydrogens is 268 g/mol. The first-order valence-corrected chi connectivity index (χ1v) is 7.60. The van der Waals surface area contributed by atoms with Crippen molar-refractivity contribution in [3.8, 4) is 0 Å². The molecule has 0 aromatic heterocycles. The molecule has 0 aromatic carbocycles. The molecule has 2 rings (SSSR count). The zero-order valence-corrected chi connectivity index (χ0v) is 11.5. The van der Waals surface area contributed by atoms with Crippen molar-refractivity contribution in [2.24, 2.45) is 5.92 Å². The van der Waals surface area contributed by atoms with E-state index < -0.39 is 27.1 Å². The molecule has 0 saturated heterocycles. The second-order valence-corrected chi connectivity index (χ2v) is 6.77. The summed E-state index contributed by atoms with van der Waals surface area (Å²) in [5.41, 5.74) is -1.48. The zero-order valence-electron chi connectivity index (χ0n) is 10.7. The highest BCUT2D eigenvalue weighted by Gasteiger charge is 2.59. The molecule has 1 aliphatic carbocycles. The fourth-order valence-electron chi connectivity index (χ4n) is 2.65. The third-order valence-corrected chi connectivity index (χ3v) is 5.52. The Labute approximate surface area is 113 Å². The summed E-state index contributed by atoms with van der Waals surface area (Å²) in [6.07, 6.45) is 10.0. The highest BCUT2D eigenvalue weighted by molar-refractivity contribution is 7.87. The molecule has 106 valence electrons. The topological polar surface area (TPSA) is 83.8 Å². The molecule has 6 heteroatoms. The van der Waals surface area contributed by atoms with E-state index in [9.17, 15) is 18.1 Å². The fraction of sp³-hybridized carbons (Fsp3) is 0.538. The lowest BCUT2D eigenvalue weighted by Gasteiger charge is -2.45. The van der Waals surface area contributed by atoms with Crippen molar-refractivity contribution >= 4 is 10.1 Å². The van der Waals surface area contributed by atoms with Crippen molar-refractivity contribution < 1.29 is 22.8 Å². The highest BCUT2D eigenvalue weighted by Crippen LogP contribution is 2.44. The summed E-state index contributed by atoms with van der Waals surface area (Å²) >= 11 is 0. The molecule has 0 aromatic rings. The lowest BCUT2D eigenvalue weighted by atomic mass is 9.77. The van der Waals surface area contributed by atoms with Crippen LogP contribution in [0.5, 0.6) is 0 Å². The minimum absolute atomic E-state index is 0.197. The Hall–Kier alpha value is -1.11. The quantitative estimate of drug-likeness (QED) is 0.605. The molecule has 0 fully saturated rings. The maximum absolute atomic E-state index is 11.9. The van der Waals surface area contributed by atoms with Gasteiger partial charge in [-0.05, 0) is 30.9 Å². The third kappa shape index (κ3) is 2.13. The molecule has 2 aliphatic rings. The minimum atomic E-state index is -4.44. The van der Waals surface area contributed by atoms with Gasteiger partial charge in [0.1, 0.15) is 0 Å². The van der Waals surface area contributed by atoms with E-state index >= 15 is 0 Å². The third-order valence-electron chi connectivity index (χ3n) is 3.91. The molecular formula is C13H18O5S. The zero-order chi connectivity index (χ0) is 14.1. The second-order valence-electron chi connectivity index (χ2n) is 5.09. The van der Waals surface area contributed by atoms with Crippen LogP contribution in [0.1, 0.15) is 19.8 Å². The summed E-state index contributed by atoms with van der Waals surface area (Å²) < 4.78 is 37.3. The SMILES string of the molecule is CC1C=CC(C2(CO)C=CC=CO2)(S(=O)(=O)O)CC1. The van der Waals surface area contributed by atoms with Crippen LogP contribution in [0.2, 0.25) is 0 Å². The number of allylic oxidation sites excluding steroid dienone is 3. The molecule has 0 radical (unpaired) electrons. The van der Waals surface area contributed by atoms with Gasteiger partial charge in [-0.15, -0.1) is 0 Å². The lowest BCUT2D eigenvalue weighted by Crippen LogP contribution is -2.61. The van der Waals surface area contributed by atoms with E-state index in [0.717, 1.165) is 0 Å². The number of hydrogen-bond donors (Lipinski definition) is 2. The van der Waals surface area contributed by atoms with Gasteiger partial charge in [-0.25, -0.2) is 0 Å². The summed E-state index contributed by atoms with van der Waals surface area (Å²) in [7, 11) is -4.44. The number of hydrogen-bond acceptors (Lipinski definition) is 4. The number of aliphatic hydroxyl groups excluding tert-OH is 1. The molecule has 0 saturated carbocycles. The maximum Gasteiger partial charge on any atom is 0.278 e. The van der Waals surface area contributed by atoms with E-state index in [-0.39, 0.29) is 12.3 Å². The van der Waals surface area contributed by atoms with Gasteiger partial charge in [-0.3, -0.25) is 4.55 Å². The Morgan fingerprint density at radius 2 is 2.11 bits per heavy atom. The highest BCUT2D eigenvalue weighted by atomic mass is 32.2. The van der Waals surface area contributed by atoms with Crippen LogP contribution in [-0.4, -0.2) is 35.0 Å². The van der Waals surface area contributed by atoms with E-state index in [2.05, 4.69) is 0 Å². The van der Waals surface area contributed by atoms with Crippen LogP contribution in [0, 0.1) is 5.92 Å². The van der Waals surface area contributed by atoms with Crippen LogP contribution >= 0.6 is 0 Å². The van der Waals surface area contributed by atoms with Crippen LogP contribution in [0.25, 0.3) is 0 Å². The lowest BCUT2D eigenvalue weighted by molar-refractivity contribution is -0.0180. The summed E-state index contributed by atoms with van der Waals surface area (Å²) in [5, 5.41) is 9.67. The van der Waals surface area contributed by atoms with Crippen LogP contribution < -0.4 is 0 Å². The minimum Gasteiger partial charge on any atom is -0.486 e. The average Bonchev–Trinajstić information content (AvgIpc) is 2.39. The first kappa shape index (κ1) is 14.3. The van der Waals surface area contributed by atoms with Crippen LogP contribution in [0.3, 0.4) is 0 Å². The van der Waals surface area contributed by atoms with Crippen molar-refractivity contribution in [3.63, 3.8) is 0 Å². The van der Waals surface area contributed by atoms with Crippen molar-refractivity contribution in [1.82, 2.24) is 0 Å². The molecule has 2 N–H and O–H groups in total. The smallest absolute Gasteiger partial charge is 0.278 e. The molecule has 0 spiro atoms. The predicted octanol–water partition coefficient (Wildman–Crippen LogP) is 1.43. The number of aliphatic hydroxyl groups is 1. The van der Waals surface area contributed by atoms with E-state index in [1.807, 2.05) is 6.92 Å². The van der Waals surface area contributed by atoms with Crippen molar-refractivity contribution in [2.75, 3.05) is 6.61 Å². The van der Waals surface area contributed by atoms with E-state index in [4.69, 9.17) is 4.74 Å². The Kier molecular flexibility index (Phi) is 3.59. The summed E-state index contributed by atoms with van der Waals surface area (Å²) in [6.45, 7) is 1.43. The molecule has 3 unspecified atom stereocenters. The molecule has 3 atom stereocenters. The summed E-state index contributed by atoms with van der Waals surface area (Å²) in [4.78, 5) is 0. The Morgan fingerprint density at radius 3 is 2.53 bits per heavy atom.